The van der Waals surface area contributed by atoms with Crippen molar-refractivity contribution in [3.8, 4) is 0 Å². The Hall–Kier alpha value is -0.534. The summed E-state index contributed by atoms with van der Waals surface area (Å²) < 4.78 is 0. The summed E-state index contributed by atoms with van der Waals surface area (Å²) in [6.45, 7) is 0.426. The van der Waals surface area contributed by atoms with Crippen molar-refractivity contribution in [2.45, 2.75) is 25.4 Å². The van der Waals surface area contributed by atoms with Crippen molar-refractivity contribution in [2.24, 2.45) is 0 Å². The molecular weight excluding hydrogens is 271 g/mol. The van der Waals surface area contributed by atoms with E-state index in [0.717, 1.165) is 5.56 Å². The van der Waals surface area contributed by atoms with Crippen molar-refractivity contribution in [3.63, 3.8) is 0 Å². The van der Waals surface area contributed by atoms with Crippen molar-refractivity contribution < 1.29 is 65.8 Å². The molecule has 0 radical (unpaired) electrons. The Morgan fingerprint density at radius 3 is 2.79 bits per heavy atom. The summed E-state index contributed by atoms with van der Waals surface area (Å²) in [5.41, 5.74) is 1.51. The molecule has 92 valence electrons. The average Bonchev–Trinajstić information content (AvgIpc) is 2.68. The van der Waals surface area contributed by atoms with Gasteiger partial charge >= 0.3 is 51.4 Å². The van der Waals surface area contributed by atoms with Gasteiger partial charge in [0.1, 0.15) is 6.04 Å². The van der Waals surface area contributed by atoms with Crippen molar-refractivity contribution in [2.75, 3.05) is 0 Å². The fraction of sp³-hybridized carbons (Fsp3) is 0.308. The van der Waals surface area contributed by atoms with Gasteiger partial charge in [0.05, 0.1) is 0 Å². The first kappa shape index (κ1) is 14.9. The number of hydrogen-bond donors (Lipinski definition) is 1. The van der Waals surface area contributed by atoms with Gasteiger partial charge in [0.25, 0.3) is 0 Å². The molecule has 1 aromatic carbocycles. The molecule has 1 unspecified atom stereocenters. The molecule has 1 N–H and O–H groups in total. The number of piperidine rings is 1. The number of imide groups is 1. The van der Waals surface area contributed by atoms with Crippen LogP contribution in [0.4, 0.5) is 0 Å². The van der Waals surface area contributed by atoms with Gasteiger partial charge in [-0.3, -0.25) is 19.7 Å². The van der Waals surface area contributed by atoms with Gasteiger partial charge in [-0.15, -0.1) is 5.56 Å². The van der Waals surface area contributed by atoms with E-state index in [4.69, 9.17) is 0 Å². The molecule has 0 aliphatic carbocycles. The summed E-state index contributed by atoms with van der Waals surface area (Å²) in [6.07, 6.45) is 0.677. The molecule has 2 aliphatic heterocycles. The number of rotatable bonds is 1. The number of benzene rings is 1. The fourth-order valence-electron chi connectivity index (χ4n) is 2.44. The van der Waals surface area contributed by atoms with E-state index in [0.29, 0.717) is 18.5 Å². The van der Waals surface area contributed by atoms with Crippen LogP contribution >= 0.6 is 0 Å². The van der Waals surface area contributed by atoms with E-state index >= 15 is 0 Å². The molecule has 2 heterocycles. The Kier molecular flexibility index (Phi) is 4.57. The summed E-state index contributed by atoms with van der Waals surface area (Å²) in [7, 11) is 0. The van der Waals surface area contributed by atoms with Gasteiger partial charge < -0.3 is 4.90 Å². The van der Waals surface area contributed by atoms with E-state index in [2.05, 4.69) is 11.4 Å². The maximum Gasteiger partial charge on any atom is 1.00 e. The molecule has 3 amide bonds. The van der Waals surface area contributed by atoms with E-state index in [1.165, 1.54) is 4.90 Å². The number of fused-ring (bicyclic) bond motifs is 1. The van der Waals surface area contributed by atoms with E-state index in [9.17, 15) is 14.4 Å². The van der Waals surface area contributed by atoms with Crippen LogP contribution in [0, 0.1) is 6.07 Å². The quantitative estimate of drug-likeness (QED) is 0.345. The van der Waals surface area contributed by atoms with Crippen LogP contribution in [-0.2, 0) is 16.1 Å². The normalized spacial score (nSPS) is 21.8. The number of carbonyl (C=O) groups excluding carboxylic acids is 3. The van der Waals surface area contributed by atoms with Crippen LogP contribution in [0.1, 0.15) is 28.8 Å². The van der Waals surface area contributed by atoms with E-state index in [1.807, 2.05) is 6.07 Å². The standard InChI is InChI=1S/C13H11N2O3.K/c16-11-6-5-10(12(17)14-11)15-7-8-3-1-2-4-9(8)13(15)18;/h1,3-4,10H,5-7H2,(H,14,16,17);/q-1;+1. The second kappa shape index (κ2) is 5.84. The Balaban J connectivity index is 0.00000133. The van der Waals surface area contributed by atoms with Crippen LogP contribution in [-0.4, -0.2) is 28.7 Å². The van der Waals surface area contributed by atoms with Gasteiger partial charge in [-0.2, -0.15) is 24.3 Å². The molecule has 3 rings (SSSR count). The Morgan fingerprint density at radius 2 is 2.11 bits per heavy atom. The number of nitrogens with one attached hydrogen (secondary N) is 1. The van der Waals surface area contributed by atoms with Crippen LogP contribution in [0.2, 0.25) is 0 Å². The summed E-state index contributed by atoms with van der Waals surface area (Å²) in [5, 5.41) is 2.27. The first-order valence-corrected chi connectivity index (χ1v) is 5.80. The van der Waals surface area contributed by atoms with Gasteiger partial charge in [0.15, 0.2) is 5.91 Å². The van der Waals surface area contributed by atoms with Gasteiger partial charge in [0.2, 0.25) is 11.8 Å². The maximum atomic E-state index is 12.2. The third-order valence-electron chi connectivity index (χ3n) is 3.37. The van der Waals surface area contributed by atoms with Crippen LogP contribution in [0.15, 0.2) is 18.2 Å². The van der Waals surface area contributed by atoms with Crippen LogP contribution in [0.25, 0.3) is 0 Å². The summed E-state index contributed by atoms with van der Waals surface area (Å²) in [4.78, 5) is 36.5. The molecule has 5 nitrogen and oxygen atoms in total. The predicted molar refractivity (Wildman–Crippen MR) is 61.3 cm³/mol. The van der Waals surface area contributed by atoms with Crippen molar-refractivity contribution in [3.05, 3.63) is 35.4 Å². The summed E-state index contributed by atoms with van der Waals surface area (Å²) in [6, 6.07) is 7.55. The van der Waals surface area contributed by atoms with Crippen LogP contribution in [0.3, 0.4) is 0 Å². The van der Waals surface area contributed by atoms with Crippen LogP contribution < -0.4 is 56.7 Å². The predicted octanol–water partition coefficient (Wildman–Crippen LogP) is -2.75. The average molecular weight is 282 g/mol. The summed E-state index contributed by atoms with van der Waals surface area (Å²) >= 11 is 0. The van der Waals surface area contributed by atoms with Gasteiger partial charge in [0, 0.05) is 13.0 Å². The molecule has 2 aliphatic rings. The molecule has 0 saturated carbocycles. The Morgan fingerprint density at radius 1 is 1.32 bits per heavy atom. The molecular formula is C13H11KN2O3. The zero-order chi connectivity index (χ0) is 12.7. The number of hydrogen-bond acceptors (Lipinski definition) is 3. The number of amides is 3. The van der Waals surface area contributed by atoms with Gasteiger partial charge in [-0.1, -0.05) is 5.56 Å². The Labute approximate surface area is 153 Å². The zero-order valence-corrected chi connectivity index (χ0v) is 13.7. The molecule has 0 spiro atoms. The monoisotopic (exact) mass is 282 g/mol. The van der Waals surface area contributed by atoms with Gasteiger partial charge in [-0.05, 0) is 6.42 Å². The fourth-order valence-corrected chi connectivity index (χ4v) is 2.44. The van der Waals surface area contributed by atoms with E-state index in [-0.39, 0.29) is 75.5 Å². The number of nitrogens with zero attached hydrogens (tertiary/aromatic N) is 1. The minimum atomic E-state index is -0.539. The molecule has 1 aromatic rings. The van der Waals surface area contributed by atoms with Crippen molar-refractivity contribution in [1.82, 2.24) is 10.2 Å². The minimum absolute atomic E-state index is 0. The second-order valence-corrected chi connectivity index (χ2v) is 4.48. The molecule has 0 bridgehead atoms. The summed E-state index contributed by atoms with van der Waals surface area (Å²) in [5.74, 6) is -0.804. The van der Waals surface area contributed by atoms with E-state index < -0.39 is 6.04 Å². The molecule has 1 saturated heterocycles. The largest absolute Gasteiger partial charge is 1.00 e. The molecule has 6 heteroatoms. The molecule has 19 heavy (non-hydrogen) atoms. The van der Waals surface area contributed by atoms with Crippen LogP contribution in [0.5, 0.6) is 0 Å². The van der Waals surface area contributed by atoms with Crippen molar-refractivity contribution >= 4 is 17.7 Å². The molecule has 1 atom stereocenters. The molecule has 0 aromatic heterocycles. The maximum absolute atomic E-state index is 12.2. The third kappa shape index (κ3) is 2.68. The van der Waals surface area contributed by atoms with Crippen molar-refractivity contribution in [1.29, 1.82) is 0 Å². The minimum Gasteiger partial charge on any atom is -0.335 e. The van der Waals surface area contributed by atoms with Gasteiger partial charge in [-0.25, -0.2) is 0 Å². The first-order chi connectivity index (χ1) is 8.66. The molecule has 1 fully saturated rings. The number of carbonyl (C=O) groups is 3. The topological polar surface area (TPSA) is 66.5 Å². The first-order valence-electron chi connectivity index (χ1n) is 5.80. The van der Waals surface area contributed by atoms with E-state index in [1.54, 1.807) is 12.1 Å². The smallest absolute Gasteiger partial charge is 0.335 e. The third-order valence-corrected chi connectivity index (χ3v) is 3.37. The SMILES string of the molecule is O=C1CCC(N2Cc3cc[c-]cc3C2=O)C(=O)N1.[K+]. The second-order valence-electron chi connectivity index (χ2n) is 4.48. The zero-order valence-electron chi connectivity index (χ0n) is 10.6. The Bertz CT molecular complexity index is 559.